The van der Waals surface area contributed by atoms with Gasteiger partial charge in [-0.25, -0.2) is 0 Å². The fourth-order valence-corrected chi connectivity index (χ4v) is 2.59. The summed E-state index contributed by atoms with van der Waals surface area (Å²) in [5.74, 6) is 0.0517. The van der Waals surface area contributed by atoms with E-state index in [-0.39, 0.29) is 24.4 Å². The summed E-state index contributed by atoms with van der Waals surface area (Å²) in [4.78, 5) is 25.6. The highest BCUT2D eigenvalue weighted by Crippen LogP contribution is 2.23. The van der Waals surface area contributed by atoms with Crippen molar-refractivity contribution in [3.05, 3.63) is 12.7 Å². The Morgan fingerprint density at radius 3 is 2.90 bits per heavy atom. The minimum Gasteiger partial charge on any atom is -0.461 e. The first kappa shape index (κ1) is 16.7. The summed E-state index contributed by atoms with van der Waals surface area (Å²) in [6.45, 7) is 9.37. The van der Waals surface area contributed by atoms with Crippen molar-refractivity contribution in [2.45, 2.75) is 46.0 Å². The van der Waals surface area contributed by atoms with Gasteiger partial charge in [0.05, 0.1) is 5.92 Å². The Hall–Kier alpha value is -1.32. The van der Waals surface area contributed by atoms with Gasteiger partial charge >= 0.3 is 5.97 Å². The molecule has 0 radical (unpaired) electrons. The van der Waals surface area contributed by atoms with Crippen LogP contribution in [0.3, 0.4) is 0 Å². The molecule has 2 atom stereocenters. The van der Waals surface area contributed by atoms with E-state index in [2.05, 4.69) is 20.4 Å². The largest absolute Gasteiger partial charge is 0.461 e. The van der Waals surface area contributed by atoms with Gasteiger partial charge < -0.3 is 9.64 Å². The number of ether oxygens (including phenoxy) is 1. The number of esters is 1. The van der Waals surface area contributed by atoms with Crippen molar-refractivity contribution in [3.8, 4) is 0 Å². The number of hydrogen-bond donors (Lipinski definition) is 0. The van der Waals surface area contributed by atoms with Gasteiger partial charge in [-0.3, -0.25) is 9.59 Å². The van der Waals surface area contributed by atoms with E-state index >= 15 is 0 Å². The van der Waals surface area contributed by atoms with Crippen LogP contribution in [0.25, 0.3) is 0 Å². The Morgan fingerprint density at radius 1 is 1.55 bits per heavy atom. The summed E-state index contributed by atoms with van der Waals surface area (Å²) in [6.07, 6.45) is 6.45. The highest BCUT2D eigenvalue weighted by molar-refractivity contribution is 5.86. The number of likely N-dealkylation sites (tertiary alicyclic amines) is 1. The maximum atomic E-state index is 12.0. The van der Waals surface area contributed by atoms with Gasteiger partial charge in [0.15, 0.2) is 0 Å². The molecule has 0 bridgehead atoms. The van der Waals surface area contributed by atoms with Gasteiger partial charge in [0, 0.05) is 19.5 Å². The zero-order valence-corrected chi connectivity index (χ0v) is 12.8. The molecule has 1 aliphatic rings. The van der Waals surface area contributed by atoms with Crippen molar-refractivity contribution in [2.75, 3.05) is 19.7 Å². The van der Waals surface area contributed by atoms with Crippen LogP contribution in [0.1, 0.15) is 46.0 Å². The zero-order valence-electron chi connectivity index (χ0n) is 12.8. The average molecular weight is 281 g/mol. The molecule has 2 unspecified atom stereocenters. The van der Waals surface area contributed by atoms with Gasteiger partial charge in [-0.15, -0.1) is 0 Å². The molecular weight excluding hydrogens is 254 g/mol. The fraction of sp³-hybridized carbons (Fsp3) is 0.750. The molecule has 114 valence electrons. The van der Waals surface area contributed by atoms with E-state index in [1.165, 1.54) is 12.8 Å². The monoisotopic (exact) mass is 281 g/mol. The fourth-order valence-electron chi connectivity index (χ4n) is 2.59. The third-order valence-corrected chi connectivity index (χ3v) is 3.91. The third-order valence-electron chi connectivity index (χ3n) is 3.91. The third kappa shape index (κ3) is 4.99. The van der Waals surface area contributed by atoms with Gasteiger partial charge in [-0.2, -0.15) is 0 Å². The lowest BCUT2D eigenvalue weighted by Crippen LogP contribution is -2.31. The Labute approximate surface area is 122 Å². The molecule has 1 aliphatic heterocycles. The minimum absolute atomic E-state index is 0.0838. The van der Waals surface area contributed by atoms with E-state index < -0.39 is 0 Å². The molecule has 0 aromatic rings. The molecule has 20 heavy (non-hydrogen) atoms. The summed E-state index contributed by atoms with van der Waals surface area (Å²) in [5, 5.41) is 0. The van der Waals surface area contributed by atoms with Crippen molar-refractivity contribution < 1.29 is 14.3 Å². The summed E-state index contributed by atoms with van der Waals surface area (Å²) in [6, 6.07) is 0. The Morgan fingerprint density at radius 2 is 2.30 bits per heavy atom. The Balaban J connectivity index is 2.45. The molecule has 1 rings (SSSR count). The molecule has 0 N–H and O–H groups in total. The number of rotatable bonds is 9. The summed E-state index contributed by atoms with van der Waals surface area (Å²) in [7, 11) is 0. The van der Waals surface area contributed by atoms with Crippen LogP contribution >= 0.6 is 0 Å². The van der Waals surface area contributed by atoms with E-state index in [4.69, 9.17) is 4.74 Å². The first-order chi connectivity index (χ1) is 9.62. The molecule has 1 amide bonds. The lowest BCUT2D eigenvalue weighted by molar-refractivity contribution is -0.147. The van der Waals surface area contributed by atoms with E-state index in [1.807, 2.05) is 4.90 Å². The smallest absolute Gasteiger partial charge is 0.311 e. The van der Waals surface area contributed by atoms with Crippen LogP contribution in [0, 0.1) is 11.8 Å². The molecule has 1 fully saturated rings. The summed E-state index contributed by atoms with van der Waals surface area (Å²) >= 11 is 0. The second kappa shape index (κ2) is 8.77. The molecule has 1 saturated heterocycles. The SMILES string of the molecule is C=CCOC(=O)C1CC(=O)N(CC(CC)CCCC)C1. The van der Waals surface area contributed by atoms with Gasteiger partial charge in [0.25, 0.3) is 0 Å². The molecule has 1 heterocycles. The second-order valence-corrected chi connectivity index (χ2v) is 5.53. The van der Waals surface area contributed by atoms with Crippen LogP contribution in [-0.4, -0.2) is 36.5 Å². The lowest BCUT2D eigenvalue weighted by Gasteiger charge is -2.23. The number of hydrogen-bond acceptors (Lipinski definition) is 3. The molecule has 0 spiro atoms. The van der Waals surface area contributed by atoms with Crippen molar-refractivity contribution in [1.29, 1.82) is 0 Å². The number of carbonyl (C=O) groups is 2. The first-order valence-corrected chi connectivity index (χ1v) is 7.67. The molecule has 0 saturated carbocycles. The van der Waals surface area contributed by atoms with Crippen LogP contribution in [0.4, 0.5) is 0 Å². The normalized spacial score (nSPS) is 20.0. The van der Waals surface area contributed by atoms with Crippen LogP contribution in [0.15, 0.2) is 12.7 Å². The standard InChI is InChI=1S/C16H27NO3/c1-4-7-8-13(6-3)11-17-12-14(10-15(17)18)16(19)20-9-5-2/h5,13-14H,2,4,6-12H2,1,3H3. The zero-order chi connectivity index (χ0) is 15.0. The summed E-state index contributed by atoms with van der Waals surface area (Å²) in [5.41, 5.74) is 0. The van der Waals surface area contributed by atoms with Crippen molar-refractivity contribution in [3.63, 3.8) is 0 Å². The number of unbranched alkanes of at least 4 members (excludes halogenated alkanes) is 1. The molecular formula is C16H27NO3. The lowest BCUT2D eigenvalue weighted by atomic mass is 9.99. The van der Waals surface area contributed by atoms with Crippen molar-refractivity contribution in [2.24, 2.45) is 11.8 Å². The highest BCUT2D eigenvalue weighted by Gasteiger charge is 2.35. The van der Waals surface area contributed by atoms with E-state index in [1.54, 1.807) is 6.08 Å². The van der Waals surface area contributed by atoms with Crippen LogP contribution in [0.2, 0.25) is 0 Å². The molecule has 0 aliphatic carbocycles. The number of carbonyl (C=O) groups excluding carboxylic acids is 2. The van der Waals surface area contributed by atoms with Crippen molar-refractivity contribution >= 4 is 11.9 Å². The molecule has 0 aromatic heterocycles. The van der Waals surface area contributed by atoms with Crippen LogP contribution in [-0.2, 0) is 14.3 Å². The highest BCUT2D eigenvalue weighted by atomic mass is 16.5. The quantitative estimate of drug-likeness (QED) is 0.482. The maximum absolute atomic E-state index is 12.0. The number of amides is 1. The van der Waals surface area contributed by atoms with Gasteiger partial charge in [0.2, 0.25) is 5.91 Å². The summed E-state index contributed by atoms with van der Waals surface area (Å²) < 4.78 is 5.03. The molecule has 4 nitrogen and oxygen atoms in total. The number of nitrogens with zero attached hydrogens (tertiary/aromatic N) is 1. The van der Waals surface area contributed by atoms with E-state index in [9.17, 15) is 9.59 Å². The predicted molar refractivity (Wildman–Crippen MR) is 79.1 cm³/mol. The maximum Gasteiger partial charge on any atom is 0.311 e. The van der Waals surface area contributed by atoms with Crippen LogP contribution < -0.4 is 0 Å². The Kier molecular flexibility index (Phi) is 7.34. The van der Waals surface area contributed by atoms with E-state index in [0.717, 1.165) is 19.4 Å². The molecule has 0 aromatic carbocycles. The van der Waals surface area contributed by atoms with Crippen molar-refractivity contribution in [1.82, 2.24) is 4.90 Å². The second-order valence-electron chi connectivity index (χ2n) is 5.53. The average Bonchev–Trinajstić information content (AvgIpc) is 2.82. The topological polar surface area (TPSA) is 46.6 Å². The minimum atomic E-state index is -0.300. The predicted octanol–water partition coefficient (Wildman–Crippen LogP) is 2.78. The first-order valence-electron chi connectivity index (χ1n) is 7.67. The Bertz CT molecular complexity index is 341. The van der Waals surface area contributed by atoms with E-state index in [0.29, 0.717) is 18.9 Å². The van der Waals surface area contributed by atoms with Gasteiger partial charge in [0.1, 0.15) is 6.61 Å². The van der Waals surface area contributed by atoms with Crippen LogP contribution in [0.5, 0.6) is 0 Å². The van der Waals surface area contributed by atoms with Gasteiger partial charge in [-0.05, 0) is 12.3 Å². The molecule has 4 heteroatoms. The van der Waals surface area contributed by atoms with Gasteiger partial charge in [-0.1, -0.05) is 45.8 Å².